The number of ether oxygens (including phenoxy) is 1. The van der Waals surface area contributed by atoms with Crippen molar-refractivity contribution in [3.8, 4) is 5.75 Å². The maximum Gasteiger partial charge on any atom is 0.471 e. The molecule has 1 aromatic rings. The van der Waals surface area contributed by atoms with E-state index in [1.165, 1.54) is 6.07 Å². The number of benzene rings is 1. The molecule has 1 N–H and O–H groups in total. The predicted octanol–water partition coefficient (Wildman–Crippen LogP) is 1.70. The summed E-state index contributed by atoms with van der Waals surface area (Å²) in [5.74, 6) is -2.38. The molecule has 0 saturated heterocycles. The third-order valence-electron chi connectivity index (χ3n) is 2.70. The number of halogens is 3. The van der Waals surface area contributed by atoms with Gasteiger partial charge in [0.15, 0.2) is 5.78 Å². The zero-order valence-electron chi connectivity index (χ0n) is 9.66. The van der Waals surface area contributed by atoms with Crippen LogP contribution in [0.15, 0.2) is 24.3 Å². The molecule has 0 spiro atoms. The Hall–Kier alpha value is -2.05. The lowest BCUT2D eigenvalue weighted by molar-refractivity contribution is -0.174. The summed E-state index contributed by atoms with van der Waals surface area (Å²) in [5, 5.41) is 1.70. The monoisotopic (exact) mass is 273 g/mol. The van der Waals surface area contributed by atoms with Gasteiger partial charge in [0.25, 0.3) is 0 Å². The second kappa shape index (κ2) is 4.91. The largest absolute Gasteiger partial charge is 0.493 e. The van der Waals surface area contributed by atoms with E-state index < -0.39 is 23.9 Å². The summed E-state index contributed by atoms with van der Waals surface area (Å²) in [6.07, 6.45) is -5.01. The number of nitrogens with one attached hydrogen (secondary N) is 1. The fourth-order valence-corrected chi connectivity index (χ4v) is 1.78. The normalized spacial score (nSPS) is 19.1. The number of amides is 1. The first-order valence-electron chi connectivity index (χ1n) is 5.53. The van der Waals surface area contributed by atoms with E-state index in [-0.39, 0.29) is 18.6 Å². The Morgan fingerprint density at radius 2 is 2.00 bits per heavy atom. The molecule has 1 aromatic carbocycles. The number of Topliss-reactive ketones (excluding diaryl/α,β-unsaturated/α-hetero) is 1. The number of fused-ring (bicyclic) bond motifs is 1. The Balaban J connectivity index is 2.21. The van der Waals surface area contributed by atoms with Gasteiger partial charge in [-0.3, -0.25) is 9.59 Å². The van der Waals surface area contributed by atoms with E-state index in [2.05, 4.69) is 0 Å². The zero-order valence-corrected chi connectivity index (χ0v) is 9.66. The van der Waals surface area contributed by atoms with Gasteiger partial charge in [-0.2, -0.15) is 13.2 Å². The standard InChI is InChI=1S/C12H10F3NO3/c13-12(14,15)11(18)16-8-5-6-19-9-4-2-1-3-7(9)10(8)17/h1-4,8H,5-6H2,(H,16,18). The molecule has 2 rings (SSSR count). The van der Waals surface area contributed by atoms with Crippen LogP contribution in [-0.4, -0.2) is 30.5 Å². The lowest BCUT2D eigenvalue weighted by atomic mass is 10.0. The van der Waals surface area contributed by atoms with E-state index in [0.29, 0.717) is 5.75 Å². The van der Waals surface area contributed by atoms with Crippen molar-refractivity contribution < 1.29 is 27.5 Å². The van der Waals surface area contributed by atoms with Gasteiger partial charge in [0, 0.05) is 6.42 Å². The van der Waals surface area contributed by atoms with E-state index in [1.54, 1.807) is 23.5 Å². The SMILES string of the molecule is O=C1c2ccccc2OCCC1NC(=O)C(F)(F)F. The van der Waals surface area contributed by atoms with Crippen molar-refractivity contribution in [3.05, 3.63) is 29.8 Å². The Bertz CT molecular complexity index is 513. The molecule has 1 aliphatic rings. The molecule has 1 unspecified atom stereocenters. The van der Waals surface area contributed by atoms with Gasteiger partial charge >= 0.3 is 12.1 Å². The number of ketones is 1. The Kier molecular flexibility index (Phi) is 3.46. The van der Waals surface area contributed by atoms with Crippen molar-refractivity contribution in [2.75, 3.05) is 6.61 Å². The van der Waals surface area contributed by atoms with E-state index in [4.69, 9.17) is 4.74 Å². The first-order chi connectivity index (χ1) is 8.89. The highest BCUT2D eigenvalue weighted by molar-refractivity contribution is 6.04. The van der Waals surface area contributed by atoms with Gasteiger partial charge in [0.05, 0.1) is 18.2 Å². The van der Waals surface area contributed by atoms with Gasteiger partial charge < -0.3 is 10.1 Å². The second-order valence-electron chi connectivity index (χ2n) is 4.02. The number of rotatable bonds is 1. The van der Waals surface area contributed by atoms with E-state index >= 15 is 0 Å². The van der Waals surface area contributed by atoms with Crippen LogP contribution in [0.1, 0.15) is 16.8 Å². The highest BCUT2D eigenvalue weighted by Gasteiger charge is 2.41. The smallest absolute Gasteiger partial charge is 0.471 e. The van der Waals surface area contributed by atoms with Crippen LogP contribution in [0.5, 0.6) is 5.75 Å². The van der Waals surface area contributed by atoms with E-state index in [1.807, 2.05) is 0 Å². The first-order valence-corrected chi connectivity index (χ1v) is 5.53. The van der Waals surface area contributed by atoms with Crippen molar-refractivity contribution in [2.24, 2.45) is 0 Å². The molecule has 0 aromatic heterocycles. The van der Waals surface area contributed by atoms with Gasteiger partial charge in [-0.05, 0) is 12.1 Å². The summed E-state index contributed by atoms with van der Waals surface area (Å²) in [5.41, 5.74) is 0.174. The summed E-state index contributed by atoms with van der Waals surface area (Å²) in [7, 11) is 0. The third-order valence-corrected chi connectivity index (χ3v) is 2.70. The minimum atomic E-state index is -5.01. The molecule has 19 heavy (non-hydrogen) atoms. The van der Waals surface area contributed by atoms with Crippen LogP contribution >= 0.6 is 0 Å². The number of carbonyl (C=O) groups excluding carboxylic acids is 2. The summed E-state index contributed by atoms with van der Waals surface area (Å²) in [6, 6.07) is 5.02. The molecule has 102 valence electrons. The lowest BCUT2D eigenvalue weighted by Gasteiger charge is -2.15. The van der Waals surface area contributed by atoms with Gasteiger partial charge in [-0.25, -0.2) is 0 Å². The molecule has 1 atom stereocenters. The molecular formula is C12H10F3NO3. The minimum Gasteiger partial charge on any atom is -0.493 e. The summed E-state index contributed by atoms with van der Waals surface area (Å²) in [6.45, 7) is 0.0611. The van der Waals surface area contributed by atoms with Crippen LogP contribution in [0.3, 0.4) is 0 Å². The van der Waals surface area contributed by atoms with Gasteiger partial charge in [0.2, 0.25) is 0 Å². The Labute approximate surface area is 106 Å². The molecule has 4 nitrogen and oxygen atoms in total. The average molecular weight is 273 g/mol. The quantitative estimate of drug-likeness (QED) is 0.847. The van der Waals surface area contributed by atoms with Crippen molar-refractivity contribution in [1.82, 2.24) is 5.32 Å². The Morgan fingerprint density at radius 1 is 1.32 bits per heavy atom. The second-order valence-corrected chi connectivity index (χ2v) is 4.02. The summed E-state index contributed by atoms with van der Waals surface area (Å²) < 4.78 is 41.8. The van der Waals surface area contributed by atoms with Crippen LogP contribution in [0.2, 0.25) is 0 Å². The highest BCUT2D eigenvalue weighted by Crippen LogP contribution is 2.24. The highest BCUT2D eigenvalue weighted by atomic mass is 19.4. The maximum atomic E-state index is 12.2. The molecule has 1 aliphatic heterocycles. The molecular weight excluding hydrogens is 263 g/mol. The fraction of sp³-hybridized carbons (Fsp3) is 0.333. The molecule has 1 heterocycles. The molecule has 7 heteroatoms. The molecule has 0 fully saturated rings. The van der Waals surface area contributed by atoms with Crippen LogP contribution < -0.4 is 10.1 Å². The molecule has 0 aliphatic carbocycles. The fourth-order valence-electron chi connectivity index (χ4n) is 1.78. The van der Waals surface area contributed by atoms with E-state index in [0.717, 1.165) is 0 Å². The van der Waals surface area contributed by atoms with Gasteiger partial charge in [-0.15, -0.1) is 0 Å². The van der Waals surface area contributed by atoms with Crippen LogP contribution in [0.25, 0.3) is 0 Å². The van der Waals surface area contributed by atoms with Gasteiger partial charge in [-0.1, -0.05) is 12.1 Å². The van der Waals surface area contributed by atoms with Crippen molar-refractivity contribution in [1.29, 1.82) is 0 Å². The predicted molar refractivity (Wildman–Crippen MR) is 58.9 cm³/mol. The molecule has 0 radical (unpaired) electrons. The average Bonchev–Trinajstić information content (AvgIpc) is 2.50. The number of para-hydroxylation sites is 1. The lowest BCUT2D eigenvalue weighted by Crippen LogP contribution is -2.46. The third kappa shape index (κ3) is 2.86. The number of hydrogen-bond donors (Lipinski definition) is 1. The summed E-state index contributed by atoms with van der Waals surface area (Å²) >= 11 is 0. The molecule has 1 amide bonds. The number of carbonyl (C=O) groups is 2. The van der Waals surface area contributed by atoms with Crippen LogP contribution in [0.4, 0.5) is 13.2 Å². The first kappa shape index (κ1) is 13.4. The van der Waals surface area contributed by atoms with E-state index in [9.17, 15) is 22.8 Å². The number of alkyl halides is 3. The maximum absolute atomic E-state index is 12.2. The molecule has 0 bridgehead atoms. The van der Waals surface area contributed by atoms with Gasteiger partial charge in [0.1, 0.15) is 5.75 Å². The van der Waals surface area contributed by atoms with Crippen molar-refractivity contribution in [3.63, 3.8) is 0 Å². The zero-order chi connectivity index (χ0) is 14.0. The topological polar surface area (TPSA) is 55.4 Å². The minimum absolute atomic E-state index is 0.00463. The Morgan fingerprint density at radius 3 is 2.68 bits per heavy atom. The van der Waals surface area contributed by atoms with Crippen LogP contribution in [-0.2, 0) is 4.79 Å². The van der Waals surface area contributed by atoms with Crippen LogP contribution in [0, 0.1) is 0 Å². The number of hydrogen-bond acceptors (Lipinski definition) is 3. The summed E-state index contributed by atoms with van der Waals surface area (Å²) in [4.78, 5) is 22.9. The molecule has 0 saturated carbocycles. The van der Waals surface area contributed by atoms with Crippen molar-refractivity contribution in [2.45, 2.75) is 18.6 Å². The van der Waals surface area contributed by atoms with Crippen molar-refractivity contribution >= 4 is 11.7 Å².